The zero-order chi connectivity index (χ0) is 13.9. The van der Waals surface area contributed by atoms with Crippen LogP contribution in [0, 0.1) is 0 Å². The third-order valence-electron chi connectivity index (χ3n) is 3.47. The molecule has 0 bridgehead atoms. The second-order valence-corrected chi connectivity index (χ2v) is 6.00. The number of halogens is 1. The van der Waals surface area contributed by atoms with Crippen molar-refractivity contribution in [3.63, 3.8) is 0 Å². The van der Waals surface area contributed by atoms with Gasteiger partial charge in [-0.2, -0.15) is 0 Å². The molecular weight excluding hydrogens is 316 g/mol. The van der Waals surface area contributed by atoms with Gasteiger partial charge in [-0.15, -0.1) is 0 Å². The molecule has 1 fully saturated rings. The summed E-state index contributed by atoms with van der Waals surface area (Å²) in [6.07, 6.45) is 2.14. The first kappa shape index (κ1) is 13.6. The topological polar surface area (TPSA) is 25.4 Å². The average Bonchev–Trinajstić information content (AvgIpc) is 2.48. The summed E-state index contributed by atoms with van der Waals surface area (Å²) in [5.41, 5.74) is 1.22. The first-order chi connectivity index (χ1) is 9.72. The van der Waals surface area contributed by atoms with Gasteiger partial charge in [0.25, 0.3) is 0 Å². The lowest BCUT2D eigenvalue weighted by Crippen LogP contribution is -2.43. The second kappa shape index (κ2) is 5.94. The standard InChI is InChI=1S/C16H17BrN2O/c1-12-10-19(16-8-7-14(17)9-18-16)11-15(20-12)13-5-3-2-4-6-13/h2-9,12,15H,10-11H2,1H3. The third-order valence-corrected chi connectivity index (χ3v) is 3.94. The van der Waals surface area contributed by atoms with Crippen molar-refractivity contribution in [2.24, 2.45) is 0 Å². The Morgan fingerprint density at radius 2 is 1.95 bits per heavy atom. The molecule has 0 radical (unpaired) electrons. The Balaban J connectivity index is 1.81. The normalized spacial score (nSPS) is 22.8. The monoisotopic (exact) mass is 332 g/mol. The van der Waals surface area contributed by atoms with E-state index < -0.39 is 0 Å². The fraction of sp³-hybridized carbons (Fsp3) is 0.312. The molecule has 4 heteroatoms. The predicted octanol–water partition coefficient (Wildman–Crippen LogP) is 3.81. The number of anilines is 1. The zero-order valence-corrected chi connectivity index (χ0v) is 13.0. The highest BCUT2D eigenvalue weighted by Crippen LogP contribution is 2.28. The molecule has 2 heterocycles. The Labute approximate surface area is 127 Å². The maximum atomic E-state index is 6.07. The van der Waals surface area contributed by atoms with Gasteiger partial charge in [-0.05, 0) is 40.5 Å². The van der Waals surface area contributed by atoms with E-state index in [2.05, 4.69) is 57.0 Å². The quantitative estimate of drug-likeness (QED) is 0.836. The fourth-order valence-corrected chi connectivity index (χ4v) is 2.78. The van der Waals surface area contributed by atoms with Crippen LogP contribution in [-0.4, -0.2) is 24.2 Å². The molecule has 1 aliphatic heterocycles. The number of benzene rings is 1. The van der Waals surface area contributed by atoms with Gasteiger partial charge in [0.15, 0.2) is 0 Å². The smallest absolute Gasteiger partial charge is 0.128 e. The fourth-order valence-electron chi connectivity index (χ4n) is 2.55. The second-order valence-electron chi connectivity index (χ2n) is 5.09. The van der Waals surface area contributed by atoms with Gasteiger partial charge in [-0.1, -0.05) is 30.3 Å². The lowest BCUT2D eigenvalue weighted by atomic mass is 10.1. The molecule has 2 atom stereocenters. The van der Waals surface area contributed by atoms with Crippen molar-refractivity contribution >= 4 is 21.7 Å². The van der Waals surface area contributed by atoms with Crippen LogP contribution in [0.1, 0.15) is 18.6 Å². The molecule has 0 aliphatic carbocycles. The molecule has 0 saturated carbocycles. The van der Waals surface area contributed by atoms with Crippen molar-refractivity contribution in [1.82, 2.24) is 4.98 Å². The van der Waals surface area contributed by atoms with Gasteiger partial charge in [0, 0.05) is 23.8 Å². The van der Waals surface area contributed by atoms with E-state index in [9.17, 15) is 0 Å². The van der Waals surface area contributed by atoms with E-state index in [1.165, 1.54) is 5.56 Å². The summed E-state index contributed by atoms with van der Waals surface area (Å²) in [7, 11) is 0. The van der Waals surface area contributed by atoms with Crippen LogP contribution in [-0.2, 0) is 4.74 Å². The van der Waals surface area contributed by atoms with Crippen molar-refractivity contribution in [2.75, 3.05) is 18.0 Å². The van der Waals surface area contributed by atoms with Crippen LogP contribution >= 0.6 is 15.9 Å². The van der Waals surface area contributed by atoms with Crippen LogP contribution in [0.4, 0.5) is 5.82 Å². The molecule has 1 aromatic carbocycles. The van der Waals surface area contributed by atoms with E-state index in [0.717, 1.165) is 23.4 Å². The zero-order valence-electron chi connectivity index (χ0n) is 11.4. The van der Waals surface area contributed by atoms with Crippen LogP contribution in [0.2, 0.25) is 0 Å². The molecule has 2 unspecified atom stereocenters. The van der Waals surface area contributed by atoms with E-state index in [1.54, 1.807) is 0 Å². The predicted molar refractivity (Wildman–Crippen MR) is 83.9 cm³/mol. The summed E-state index contributed by atoms with van der Waals surface area (Å²) in [4.78, 5) is 6.78. The molecule has 1 saturated heterocycles. The molecule has 0 N–H and O–H groups in total. The van der Waals surface area contributed by atoms with Crippen molar-refractivity contribution < 1.29 is 4.74 Å². The first-order valence-electron chi connectivity index (χ1n) is 6.79. The molecule has 1 aromatic heterocycles. The number of aromatic nitrogens is 1. The van der Waals surface area contributed by atoms with E-state index >= 15 is 0 Å². The maximum absolute atomic E-state index is 6.07. The molecule has 0 amide bonds. The van der Waals surface area contributed by atoms with Crippen LogP contribution in [0.3, 0.4) is 0 Å². The van der Waals surface area contributed by atoms with Gasteiger partial charge in [-0.25, -0.2) is 4.98 Å². The van der Waals surface area contributed by atoms with Crippen molar-refractivity contribution in [2.45, 2.75) is 19.1 Å². The van der Waals surface area contributed by atoms with Crippen molar-refractivity contribution in [3.05, 3.63) is 58.7 Å². The highest BCUT2D eigenvalue weighted by molar-refractivity contribution is 9.10. The van der Waals surface area contributed by atoms with Crippen LogP contribution in [0.25, 0.3) is 0 Å². The largest absolute Gasteiger partial charge is 0.367 e. The molecule has 2 aromatic rings. The van der Waals surface area contributed by atoms with Crippen LogP contribution < -0.4 is 4.90 Å². The summed E-state index contributed by atoms with van der Waals surface area (Å²) >= 11 is 3.42. The number of rotatable bonds is 2. The average molecular weight is 333 g/mol. The lowest BCUT2D eigenvalue weighted by Gasteiger charge is -2.37. The van der Waals surface area contributed by atoms with Gasteiger partial charge in [0.2, 0.25) is 0 Å². The summed E-state index contributed by atoms with van der Waals surface area (Å²) < 4.78 is 7.07. The van der Waals surface area contributed by atoms with Crippen LogP contribution in [0.15, 0.2) is 53.1 Å². The molecule has 3 nitrogen and oxygen atoms in total. The highest BCUT2D eigenvalue weighted by Gasteiger charge is 2.27. The lowest BCUT2D eigenvalue weighted by molar-refractivity contribution is -0.0176. The molecular formula is C16H17BrN2O. The molecule has 1 aliphatic rings. The van der Waals surface area contributed by atoms with E-state index in [0.29, 0.717) is 0 Å². The summed E-state index contributed by atoms with van der Waals surface area (Å²) in [5.74, 6) is 1.00. The van der Waals surface area contributed by atoms with Gasteiger partial charge >= 0.3 is 0 Å². The third kappa shape index (κ3) is 3.02. The molecule has 0 spiro atoms. The number of hydrogen-bond acceptors (Lipinski definition) is 3. The van der Waals surface area contributed by atoms with Crippen LogP contribution in [0.5, 0.6) is 0 Å². The maximum Gasteiger partial charge on any atom is 0.128 e. The van der Waals surface area contributed by atoms with Gasteiger partial charge < -0.3 is 9.64 Å². The minimum absolute atomic E-state index is 0.102. The SMILES string of the molecule is CC1CN(c2ccc(Br)cn2)CC(c2ccccc2)O1. The van der Waals surface area contributed by atoms with E-state index in [1.807, 2.05) is 24.4 Å². The Hall–Kier alpha value is -1.39. The Morgan fingerprint density at radius 3 is 2.65 bits per heavy atom. The van der Waals surface area contributed by atoms with Gasteiger partial charge in [-0.3, -0.25) is 0 Å². The summed E-state index contributed by atoms with van der Waals surface area (Å²) in [5, 5.41) is 0. The van der Waals surface area contributed by atoms with E-state index in [-0.39, 0.29) is 12.2 Å². The number of morpholine rings is 1. The minimum atomic E-state index is 0.102. The Kier molecular flexibility index (Phi) is 4.03. The number of hydrogen-bond donors (Lipinski definition) is 0. The molecule has 20 heavy (non-hydrogen) atoms. The van der Waals surface area contributed by atoms with Gasteiger partial charge in [0.05, 0.1) is 6.10 Å². The Morgan fingerprint density at radius 1 is 1.15 bits per heavy atom. The highest BCUT2D eigenvalue weighted by atomic mass is 79.9. The molecule has 104 valence electrons. The van der Waals surface area contributed by atoms with Crippen molar-refractivity contribution in [1.29, 1.82) is 0 Å². The summed E-state index contributed by atoms with van der Waals surface area (Å²) in [6.45, 7) is 3.82. The number of nitrogens with zero attached hydrogens (tertiary/aromatic N) is 2. The number of pyridine rings is 1. The summed E-state index contributed by atoms with van der Waals surface area (Å²) in [6, 6.07) is 14.5. The minimum Gasteiger partial charge on any atom is -0.367 e. The number of ether oxygens (including phenoxy) is 1. The van der Waals surface area contributed by atoms with Crippen molar-refractivity contribution in [3.8, 4) is 0 Å². The van der Waals surface area contributed by atoms with E-state index in [4.69, 9.17) is 4.74 Å². The Bertz CT molecular complexity index is 558. The molecule has 3 rings (SSSR count). The first-order valence-corrected chi connectivity index (χ1v) is 7.58. The van der Waals surface area contributed by atoms with Gasteiger partial charge in [0.1, 0.15) is 11.9 Å².